The van der Waals surface area contributed by atoms with Gasteiger partial charge < -0.3 is 4.74 Å². The molecule has 0 heterocycles. The van der Waals surface area contributed by atoms with Gasteiger partial charge >= 0.3 is 5.97 Å². The van der Waals surface area contributed by atoms with Gasteiger partial charge in [-0.15, -0.1) is 0 Å². The highest BCUT2D eigenvalue weighted by Crippen LogP contribution is 2.56. The molecule has 0 N–H and O–H groups in total. The average molecular weight is 586 g/mol. The summed E-state index contributed by atoms with van der Waals surface area (Å²) in [5, 5.41) is 4.21. The van der Waals surface area contributed by atoms with Gasteiger partial charge in [-0.2, -0.15) is 0 Å². The van der Waals surface area contributed by atoms with Crippen molar-refractivity contribution in [3.8, 4) is 16.9 Å². The van der Waals surface area contributed by atoms with Crippen molar-refractivity contribution in [2.45, 2.75) is 52.4 Å². The lowest BCUT2D eigenvalue weighted by Gasteiger charge is -2.27. The van der Waals surface area contributed by atoms with E-state index in [0.717, 1.165) is 36.6 Å². The summed E-state index contributed by atoms with van der Waals surface area (Å²) < 4.78 is 6.00. The Morgan fingerprint density at radius 1 is 0.651 bits per heavy atom. The van der Waals surface area contributed by atoms with E-state index < -0.39 is 7.26 Å². The first-order chi connectivity index (χ1) is 21.0. The first kappa shape index (κ1) is 30.5. The highest BCUT2D eigenvalue weighted by molar-refractivity contribution is 7.95. The number of esters is 1. The van der Waals surface area contributed by atoms with Crippen LogP contribution >= 0.6 is 7.26 Å². The van der Waals surface area contributed by atoms with Crippen LogP contribution in [0.3, 0.4) is 0 Å². The van der Waals surface area contributed by atoms with Crippen LogP contribution in [0.1, 0.15) is 56.6 Å². The van der Waals surface area contributed by atoms with E-state index in [1.165, 1.54) is 27.0 Å². The summed E-state index contributed by atoms with van der Waals surface area (Å²) in [7, 11) is -1.84. The Labute approximate surface area is 258 Å². The minimum atomic E-state index is -1.84. The van der Waals surface area contributed by atoms with E-state index in [1.807, 2.05) is 12.1 Å². The van der Waals surface area contributed by atoms with Crippen molar-refractivity contribution < 1.29 is 9.53 Å². The van der Waals surface area contributed by atoms with Gasteiger partial charge in [-0.05, 0) is 103 Å². The molecule has 0 amide bonds. The maximum Gasteiger partial charge on any atom is 0.311 e. The van der Waals surface area contributed by atoms with Gasteiger partial charge in [-0.25, -0.2) is 0 Å². The van der Waals surface area contributed by atoms with Crippen molar-refractivity contribution >= 4 is 29.1 Å². The van der Waals surface area contributed by atoms with Crippen LogP contribution in [0.2, 0.25) is 0 Å². The predicted octanol–water partition coefficient (Wildman–Crippen LogP) is 9.25. The number of rotatable bonds is 12. The van der Waals surface area contributed by atoms with Gasteiger partial charge in [0, 0.05) is 6.42 Å². The molecular formula is C40H42O2P+. The fraction of sp³-hybridized carbons (Fsp3) is 0.225. The molecule has 2 nitrogen and oxygen atoms in total. The molecular weight excluding hydrogens is 543 g/mol. The number of carbonyl (C=O) groups excluding carboxylic acids is 1. The van der Waals surface area contributed by atoms with Crippen LogP contribution in [0.15, 0.2) is 133 Å². The third-order valence-corrected chi connectivity index (χ3v) is 12.8. The Bertz CT molecular complexity index is 1500. The fourth-order valence-corrected chi connectivity index (χ4v) is 10.4. The molecule has 0 bridgehead atoms. The minimum absolute atomic E-state index is 0.149. The van der Waals surface area contributed by atoms with Crippen LogP contribution in [-0.4, -0.2) is 12.1 Å². The second kappa shape index (κ2) is 14.5. The van der Waals surface area contributed by atoms with Gasteiger partial charge in [-0.3, -0.25) is 4.79 Å². The molecule has 5 rings (SSSR count). The molecule has 5 aromatic rings. The van der Waals surface area contributed by atoms with E-state index in [9.17, 15) is 4.79 Å². The highest BCUT2D eigenvalue weighted by Gasteiger charge is 2.44. The summed E-state index contributed by atoms with van der Waals surface area (Å²) in [6.45, 7) is 6.39. The lowest BCUT2D eigenvalue weighted by molar-refractivity contribution is -0.134. The van der Waals surface area contributed by atoms with E-state index in [4.69, 9.17) is 4.74 Å². The van der Waals surface area contributed by atoms with Crippen LogP contribution in [0.5, 0.6) is 5.75 Å². The summed E-state index contributed by atoms with van der Waals surface area (Å²) in [6, 6.07) is 47.6. The third kappa shape index (κ3) is 7.15. The molecule has 0 atom stereocenters. The Morgan fingerprint density at radius 3 is 1.63 bits per heavy atom. The van der Waals surface area contributed by atoms with Crippen LogP contribution in [0.25, 0.3) is 11.1 Å². The molecule has 0 aliphatic rings. The summed E-state index contributed by atoms with van der Waals surface area (Å²) in [5.74, 6) is 0.792. The molecule has 43 heavy (non-hydrogen) atoms. The highest BCUT2D eigenvalue weighted by atomic mass is 31.2. The van der Waals surface area contributed by atoms with Gasteiger partial charge in [0.1, 0.15) is 28.9 Å². The Balaban J connectivity index is 1.28. The van der Waals surface area contributed by atoms with Crippen molar-refractivity contribution in [2.24, 2.45) is 0 Å². The van der Waals surface area contributed by atoms with Crippen LogP contribution in [-0.2, 0) is 4.79 Å². The number of benzene rings is 5. The SMILES string of the molecule is Cc1cc(OC(=O)CCCCC[P+](c2ccccc2)(c2ccccc2)c2ccccc2)c(C(C)C)cc1-c1ccccc1. The van der Waals surface area contributed by atoms with Gasteiger partial charge in [0.2, 0.25) is 0 Å². The zero-order chi connectivity index (χ0) is 30.1. The van der Waals surface area contributed by atoms with E-state index >= 15 is 0 Å². The zero-order valence-corrected chi connectivity index (χ0v) is 26.5. The summed E-state index contributed by atoms with van der Waals surface area (Å²) in [5.41, 5.74) is 4.55. The van der Waals surface area contributed by atoms with Gasteiger partial charge in [0.15, 0.2) is 0 Å². The molecule has 0 aromatic heterocycles. The number of carbonyl (C=O) groups is 1. The fourth-order valence-electron chi connectivity index (χ4n) is 6.02. The van der Waals surface area contributed by atoms with Gasteiger partial charge in [-0.1, -0.05) is 98.8 Å². The van der Waals surface area contributed by atoms with Crippen molar-refractivity contribution in [3.05, 3.63) is 145 Å². The molecule has 3 heteroatoms. The lowest BCUT2D eigenvalue weighted by atomic mass is 9.93. The molecule has 0 radical (unpaired) electrons. The lowest BCUT2D eigenvalue weighted by Crippen LogP contribution is -2.33. The predicted molar refractivity (Wildman–Crippen MR) is 185 cm³/mol. The second-order valence-corrected chi connectivity index (χ2v) is 15.2. The van der Waals surface area contributed by atoms with Crippen molar-refractivity contribution in [1.82, 2.24) is 0 Å². The van der Waals surface area contributed by atoms with Gasteiger partial charge in [0.05, 0.1) is 6.16 Å². The molecule has 0 saturated heterocycles. The van der Waals surface area contributed by atoms with E-state index in [-0.39, 0.29) is 11.9 Å². The second-order valence-electron chi connectivity index (χ2n) is 11.6. The van der Waals surface area contributed by atoms with E-state index in [1.54, 1.807) is 0 Å². The third-order valence-electron chi connectivity index (χ3n) is 8.25. The first-order valence-electron chi connectivity index (χ1n) is 15.4. The number of hydrogen-bond acceptors (Lipinski definition) is 2. The van der Waals surface area contributed by atoms with E-state index in [2.05, 4.69) is 142 Å². The molecule has 0 spiro atoms. The van der Waals surface area contributed by atoms with Crippen LogP contribution < -0.4 is 20.7 Å². The van der Waals surface area contributed by atoms with Gasteiger partial charge in [0.25, 0.3) is 0 Å². The molecule has 0 aliphatic heterocycles. The number of hydrogen-bond donors (Lipinski definition) is 0. The largest absolute Gasteiger partial charge is 0.426 e. The number of unbranched alkanes of at least 4 members (excludes halogenated alkanes) is 2. The maximum atomic E-state index is 13.1. The maximum absolute atomic E-state index is 13.1. The summed E-state index contributed by atoms with van der Waals surface area (Å²) in [6.07, 6.45) is 4.33. The Kier molecular flexibility index (Phi) is 10.2. The van der Waals surface area contributed by atoms with Crippen molar-refractivity contribution in [2.75, 3.05) is 6.16 Å². The van der Waals surface area contributed by atoms with Crippen molar-refractivity contribution in [3.63, 3.8) is 0 Å². The van der Waals surface area contributed by atoms with Crippen LogP contribution in [0.4, 0.5) is 0 Å². The van der Waals surface area contributed by atoms with E-state index in [0.29, 0.717) is 12.2 Å². The Morgan fingerprint density at radius 2 is 1.14 bits per heavy atom. The quantitative estimate of drug-likeness (QED) is 0.0631. The molecule has 0 fully saturated rings. The first-order valence-corrected chi connectivity index (χ1v) is 17.4. The number of aryl methyl sites for hydroxylation is 1. The topological polar surface area (TPSA) is 26.3 Å². The minimum Gasteiger partial charge on any atom is -0.426 e. The van der Waals surface area contributed by atoms with Crippen LogP contribution in [0, 0.1) is 6.92 Å². The Hall–Kier alpha value is -4.00. The molecule has 218 valence electrons. The zero-order valence-electron chi connectivity index (χ0n) is 25.6. The molecule has 0 unspecified atom stereocenters. The smallest absolute Gasteiger partial charge is 0.311 e. The summed E-state index contributed by atoms with van der Waals surface area (Å²) >= 11 is 0. The summed E-state index contributed by atoms with van der Waals surface area (Å²) in [4.78, 5) is 13.1. The number of ether oxygens (including phenoxy) is 1. The average Bonchev–Trinajstić information content (AvgIpc) is 3.04. The molecule has 5 aromatic carbocycles. The molecule has 0 aliphatic carbocycles. The monoisotopic (exact) mass is 585 g/mol. The normalized spacial score (nSPS) is 11.4. The molecule has 0 saturated carbocycles. The van der Waals surface area contributed by atoms with Crippen molar-refractivity contribution in [1.29, 1.82) is 0 Å². The standard InChI is InChI=1S/C40H42O2P/c1-31(2)37-30-38(33-19-9-4-10-20-33)32(3)29-39(37)42-40(41)27-17-8-18-28-43(34-21-11-5-12-22-34,35-23-13-6-14-24-35)36-25-15-7-16-26-36/h4-7,9-16,19-26,29-31H,8,17-18,27-28H2,1-3H3/q+1.